The first kappa shape index (κ1) is 23.4. The fourth-order valence-electron chi connectivity index (χ4n) is 4.15. The van der Waals surface area contributed by atoms with Gasteiger partial charge in [0.05, 0.1) is 23.7 Å². The molecular weight excluding hydrogens is 452 g/mol. The van der Waals surface area contributed by atoms with Crippen LogP contribution in [0.15, 0.2) is 72.3 Å². The van der Waals surface area contributed by atoms with Crippen LogP contribution in [0.3, 0.4) is 0 Å². The molecular formula is C27H25ClN2O4. The molecule has 1 saturated heterocycles. The highest BCUT2D eigenvalue weighted by Crippen LogP contribution is 2.43. The average molecular weight is 477 g/mol. The molecule has 174 valence electrons. The largest absolute Gasteiger partial charge is 0.507 e. The van der Waals surface area contributed by atoms with Crippen molar-refractivity contribution in [2.75, 3.05) is 31.0 Å². The number of rotatable bonds is 5. The van der Waals surface area contributed by atoms with Gasteiger partial charge in [0.25, 0.3) is 11.7 Å². The maximum absolute atomic E-state index is 13.3. The number of aryl methyl sites for hydroxylation is 1. The third-order valence-electron chi connectivity index (χ3n) is 5.97. The zero-order valence-corrected chi connectivity index (χ0v) is 20.1. The van der Waals surface area contributed by atoms with Crippen molar-refractivity contribution in [3.05, 3.63) is 94.0 Å². The number of halogens is 1. The third-order valence-corrected chi connectivity index (χ3v) is 6.27. The molecule has 4 rings (SSSR count). The molecule has 0 bridgehead atoms. The van der Waals surface area contributed by atoms with Gasteiger partial charge in [-0.2, -0.15) is 0 Å². The summed E-state index contributed by atoms with van der Waals surface area (Å²) in [6, 6.07) is 18.8. The summed E-state index contributed by atoms with van der Waals surface area (Å²) in [5.74, 6) is -1.30. The normalized spacial score (nSPS) is 17.2. The summed E-state index contributed by atoms with van der Waals surface area (Å²) in [5, 5.41) is 11.6. The molecule has 0 aliphatic carbocycles. The number of aliphatic hydroxyl groups excluding tert-OH is 1. The van der Waals surface area contributed by atoms with E-state index in [1.165, 1.54) is 18.1 Å². The van der Waals surface area contributed by atoms with Gasteiger partial charge in [0.2, 0.25) is 0 Å². The smallest absolute Gasteiger partial charge is 0.300 e. The molecule has 34 heavy (non-hydrogen) atoms. The van der Waals surface area contributed by atoms with E-state index in [4.69, 9.17) is 16.3 Å². The number of ketones is 1. The predicted octanol–water partition coefficient (Wildman–Crippen LogP) is 5.35. The van der Waals surface area contributed by atoms with Gasteiger partial charge in [-0.05, 0) is 54.4 Å². The number of benzene rings is 3. The molecule has 1 heterocycles. The van der Waals surface area contributed by atoms with Gasteiger partial charge in [0.15, 0.2) is 0 Å². The monoisotopic (exact) mass is 476 g/mol. The van der Waals surface area contributed by atoms with Gasteiger partial charge in [-0.15, -0.1) is 0 Å². The molecule has 0 radical (unpaired) electrons. The third kappa shape index (κ3) is 4.01. The van der Waals surface area contributed by atoms with Gasteiger partial charge in [-0.3, -0.25) is 14.5 Å². The molecule has 1 N–H and O–H groups in total. The van der Waals surface area contributed by atoms with E-state index in [1.54, 1.807) is 18.2 Å². The maximum atomic E-state index is 13.3. The lowest BCUT2D eigenvalue weighted by molar-refractivity contribution is -0.132. The summed E-state index contributed by atoms with van der Waals surface area (Å²) in [6.45, 7) is 1.88. The minimum absolute atomic E-state index is 0.00656. The van der Waals surface area contributed by atoms with Crippen LogP contribution in [0.25, 0.3) is 5.76 Å². The number of anilines is 2. The second kappa shape index (κ2) is 9.23. The molecule has 1 atom stereocenters. The molecule has 0 saturated carbocycles. The van der Waals surface area contributed by atoms with Crippen LogP contribution in [0, 0.1) is 6.92 Å². The molecule has 3 aromatic carbocycles. The number of aliphatic hydroxyl groups is 1. The van der Waals surface area contributed by atoms with Gasteiger partial charge in [0, 0.05) is 31.0 Å². The van der Waals surface area contributed by atoms with Crippen molar-refractivity contribution in [2.24, 2.45) is 0 Å². The summed E-state index contributed by atoms with van der Waals surface area (Å²) >= 11 is 6.27. The molecule has 3 aromatic rings. The Kier molecular flexibility index (Phi) is 6.35. The lowest BCUT2D eigenvalue weighted by Gasteiger charge is -2.27. The van der Waals surface area contributed by atoms with E-state index in [0.717, 1.165) is 11.3 Å². The second-order valence-corrected chi connectivity index (χ2v) is 8.70. The zero-order valence-electron chi connectivity index (χ0n) is 19.4. The van der Waals surface area contributed by atoms with Gasteiger partial charge < -0.3 is 14.7 Å². The van der Waals surface area contributed by atoms with Crippen molar-refractivity contribution in [3.8, 4) is 5.75 Å². The van der Waals surface area contributed by atoms with Crippen LogP contribution < -0.4 is 14.5 Å². The minimum atomic E-state index is -0.807. The van der Waals surface area contributed by atoms with Gasteiger partial charge in [0.1, 0.15) is 11.5 Å². The van der Waals surface area contributed by atoms with Crippen molar-refractivity contribution in [1.29, 1.82) is 0 Å². The second-order valence-electron chi connectivity index (χ2n) is 8.29. The number of carbonyl (C=O) groups excluding carboxylic acids is 2. The highest BCUT2D eigenvalue weighted by Gasteiger charge is 2.47. The van der Waals surface area contributed by atoms with Crippen molar-refractivity contribution in [2.45, 2.75) is 13.0 Å². The highest BCUT2D eigenvalue weighted by atomic mass is 35.5. The zero-order chi connectivity index (χ0) is 24.6. The number of carbonyl (C=O) groups is 2. The molecule has 1 fully saturated rings. The molecule has 1 aliphatic rings. The number of nitrogens with zero attached hydrogens (tertiary/aromatic N) is 2. The molecule has 1 aliphatic heterocycles. The van der Waals surface area contributed by atoms with Crippen LogP contribution in [0.1, 0.15) is 22.7 Å². The summed E-state index contributed by atoms with van der Waals surface area (Å²) in [4.78, 5) is 30.0. The quantitative estimate of drug-likeness (QED) is 0.305. The minimum Gasteiger partial charge on any atom is -0.507 e. The van der Waals surface area contributed by atoms with Gasteiger partial charge in [-0.25, -0.2) is 0 Å². The average Bonchev–Trinajstić information content (AvgIpc) is 3.09. The van der Waals surface area contributed by atoms with E-state index in [9.17, 15) is 14.7 Å². The molecule has 7 heteroatoms. The Labute approximate surface area is 203 Å². The van der Waals surface area contributed by atoms with Crippen LogP contribution >= 0.6 is 11.6 Å². The fraction of sp³-hybridized carbons (Fsp3) is 0.185. The number of amides is 1. The number of hydrogen-bond donors (Lipinski definition) is 1. The first-order valence-electron chi connectivity index (χ1n) is 10.7. The molecule has 1 unspecified atom stereocenters. The summed E-state index contributed by atoms with van der Waals surface area (Å²) < 4.78 is 5.19. The molecule has 0 aromatic heterocycles. The van der Waals surface area contributed by atoms with Crippen LogP contribution in [0.5, 0.6) is 5.75 Å². The van der Waals surface area contributed by atoms with E-state index in [0.29, 0.717) is 22.6 Å². The summed E-state index contributed by atoms with van der Waals surface area (Å²) in [6.07, 6.45) is 0. The van der Waals surface area contributed by atoms with E-state index in [2.05, 4.69) is 0 Å². The first-order valence-corrected chi connectivity index (χ1v) is 11.1. The maximum Gasteiger partial charge on any atom is 0.300 e. The molecule has 0 spiro atoms. The van der Waals surface area contributed by atoms with Crippen LogP contribution in [0.2, 0.25) is 5.02 Å². The van der Waals surface area contributed by atoms with Crippen LogP contribution in [0.4, 0.5) is 11.4 Å². The lowest BCUT2D eigenvalue weighted by Crippen LogP contribution is -2.30. The Morgan fingerprint density at radius 2 is 1.71 bits per heavy atom. The summed E-state index contributed by atoms with van der Waals surface area (Å²) in [5.41, 5.74) is 3.45. The van der Waals surface area contributed by atoms with Crippen LogP contribution in [-0.4, -0.2) is 38.0 Å². The van der Waals surface area contributed by atoms with Gasteiger partial charge >= 0.3 is 0 Å². The number of Topliss-reactive ketones (excluding diaryl/α,β-unsaturated/α-hetero) is 1. The highest BCUT2D eigenvalue weighted by molar-refractivity contribution is 6.51. The number of para-hydroxylation sites is 1. The Morgan fingerprint density at radius 1 is 1.03 bits per heavy atom. The van der Waals surface area contributed by atoms with Crippen molar-refractivity contribution < 1.29 is 19.4 Å². The van der Waals surface area contributed by atoms with Gasteiger partial charge in [-0.1, -0.05) is 41.9 Å². The number of methoxy groups -OCH3 is 1. The van der Waals surface area contributed by atoms with Crippen LogP contribution in [-0.2, 0) is 9.59 Å². The van der Waals surface area contributed by atoms with E-state index in [-0.39, 0.29) is 16.4 Å². The van der Waals surface area contributed by atoms with E-state index in [1.807, 2.05) is 68.4 Å². The van der Waals surface area contributed by atoms with Crippen molar-refractivity contribution >= 4 is 40.4 Å². The lowest BCUT2D eigenvalue weighted by atomic mass is 9.94. The van der Waals surface area contributed by atoms with E-state index >= 15 is 0 Å². The SMILES string of the molecule is COc1ccc(/C(O)=C2/C(=O)C(=O)N(c3ccccc3C)C2c2ccc(N(C)C)cc2)cc1Cl. The Bertz CT molecular complexity index is 1300. The Hall–Kier alpha value is -3.77. The predicted molar refractivity (Wildman–Crippen MR) is 135 cm³/mol. The molecule has 6 nitrogen and oxygen atoms in total. The van der Waals surface area contributed by atoms with E-state index < -0.39 is 17.7 Å². The fourth-order valence-corrected chi connectivity index (χ4v) is 4.41. The summed E-state index contributed by atoms with van der Waals surface area (Å²) in [7, 11) is 5.36. The standard InChI is InChI=1S/C27H25ClN2O4/c1-16-7-5-6-8-21(16)30-24(17-9-12-19(13-10-17)29(2)3)23(26(32)27(30)33)25(31)18-11-14-22(34-4)20(28)15-18/h5-15,24,31H,1-4H3/b25-23-. The number of ether oxygens (including phenoxy) is 1. The Morgan fingerprint density at radius 3 is 2.29 bits per heavy atom. The van der Waals surface area contributed by atoms with Crippen molar-refractivity contribution in [1.82, 2.24) is 0 Å². The topological polar surface area (TPSA) is 70.1 Å². The van der Waals surface area contributed by atoms with Crippen molar-refractivity contribution in [3.63, 3.8) is 0 Å². The number of hydrogen-bond acceptors (Lipinski definition) is 5. The molecule has 1 amide bonds. The first-order chi connectivity index (χ1) is 16.2. The Balaban J connectivity index is 1.94.